The number of nitrogens with zero attached hydrogens (tertiary/aromatic N) is 8. The minimum atomic E-state index is 0.741. The molecule has 0 aliphatic carbocycles. The number of hydrogen-bond acceptors (Lipinski definition) is 8. The first kappa shape index (κ1) is 36.2. The molecule has 55 heavy (non-hydrogen) atoms. The third kappa shape index (κ3) is 11.1. The van der Waals surface area contributed by atoms with Crippen LogP contribution in [0, 0.1) is 0 Å². The molecule has 274 valence electrons. The van der Waals surface area contributed by atoms with E-state index in [1.54, 1.807) is 0 Å². The summed E-state index contributed by atoms with van der Waals surface area (Å²) in [6.45, 7) is 3.72. The molecule has 3 aromatic heterocycles. The first-order valence-corrected chi connectivity index (χ1v) is 18.3. The van der Waals surface area contributed by atoms with E-state index >= 15 is 0 Å². The predicted molar refractivity (Wildman–Crippen MR) is 217 cm³/mol. The van der Waals surface area contributed by atoms with E-state index in [1.165, 1.54) is 0 Å². The van der Waals surface area contributed by atoms with Crippen molar-refractivity contribution in [1.82, 2.24) is 4.57 Å². The van der Waals surface area contributed by atoms with Crippen molar-refractivity contribution in [2.75, 3.05) is 22.1 Å². The zero-order valence-corrected chi connectivity index (χ0v) is 30.6. The fourth-order valence-corrected chi connectivity index (χ4v) is 5.83. The van der Waals surface area contributed by atoms with Gasteiger partial charge in [0, 0.05) is 71.2 Å². The largest absolute Gasteiger partial charge is 0.399 e. The summed E-state index contributed by atoms with van der Waals surface area (Å²) >= 11 is 0. The van der Waals surface area contributed by atoms with Crippen LogP contribution >= 0.6 is 0 Å². The molecule has 4 aromatic carbocycles. The van der Waals surface area contributed by atoms with E-state index in [0.717, 1.165) is 95.9 Å². The number of rotatable bonds is 16. The van der Waals surface area contributed by atoms with Crippen LogP contribution in [0.1, 0.15) is 12.8 Å². The molecule has 0 amide bonds. The number of hydrogen-bond donors (Lipinski definition) is 4. The number of anilines is 6. The maximum absolute atomic E-state index is 5.77. The van der Waals surface area contributed by atoms with Gasteiger partial charge in [0.05, 0.1) is 35.8 Å². The minimum Gasteiger partial charge on any atom is -0.399 e. The van der Waals surface area contributed by atoms with Crippen molar-refractivity contribution in [1.29, 1.82) is 0 Å². The second-order valence-electron chi connectivity index (χ2n) is 13.2. The highest BCUT2D eigenvalue weighted by molar-refractivity contribution is 5.64. The Morgan fingerprint density at radius 2 is 0.782 bits per heavy atom. The summed E-state index contributed by atoms with van der Waals surface area (Å²) in [4.78, 5) is 0. The molecule has 7 aromatic rings. The number of aryl methyl sites for hydroxylation is 4. The van der Waals surface area contributed by atoms with Gasteiger partial charge >= 0.3 is 0 Å². The lowest BCUT2D eigenvalue weighted by atomic mass is 10.2. The van der Waals surface area contributed by atoms with Crippen LogP contribution in [0.5, 0.6) is 0 Å². The normalized spacial score (nSPS) is 11.3. The lowest BCUT2D eigenvalue weighted by molar-refractivity contribution is -0.726. The maximum atomic E-state index is 5.77. The molecular weight excluding hydrogens is 685 g/mol. The smallest absolute Gasteiger partial charge is 0.243 e. The van der Waals surface area contributed by atoms with Crippen molar-refractivity contribution in [2.24, 2.45) is 20.5 Å². The molecular formula is C43H45N12+3. The van der Waals surface area contributed by atoms with E-state index in [2.05, 4.69) is 92.9 Å². The summed E-state index contributed by atoms with van der Waals surface area (Å²) in [5, 5.41) is 24.3. The number of nitrogens with two attached hydrogens (primary N) is 2. The van der Waals surface area contributed by atoms with E-state index in [0.29, 0.717) is 0 Å². The molecule has 0 aliphatic rings. The molecule has 0 fully saturated rings. The molecule has 0 saturated heterocycles. The summed E-state index contributed by atoms with van der Waals surface area (Å²) < 4.78 is 8.85. The fraction of sp³-hybridized carbons (Fsp3) is 0.140. The van der Waals surface area contributed by atoms with Gasteiger partial charge in [-0.2, -0.15) is 20.5 Å². The van der Waals surface area contributed by atoms with Gasteiger partial charge in [-0.1, -0.05) is 0 Å². The number of pyridine rings is 2. The number of azo groups is 2. The Hall–Kier alpha value is -7.21. The molecule has 0 atom stereocenters. The van der Waals surface area contributed by atoms with Crippen molar-refractivity contribution in [3.05, 3.63) is 165 Å². The van der Waals surface area contributed by atoms with Gasteiger partial charge in [0.2, 0.25) is 6.33 Å². The van der Waals surface area contributed by atoms with Crippen molar-refractivity contribution in [3.63, 3.8) is 0 Å². The molecule has 0 unspecified atom stereocenters. The van der Waals surface area contributed by atoms with Gasteiger partial charge in [-0.25, -0.2) is 18.3 Å². The van der Waals surface area contributed by atoms with E-state index in [-0.39, 0.29) is 0 Å². The Labute approximate surface area is 320 Å². The average Bonchev–Trinajstić information content (AvgIpc) is 3.67. The SMILES string of the molecule is Nc1ccc(Nc2ccc(/N=N\c3cc[n+](CCCn4cc[n+](CCC[n+]5ccc(/N=N\c6ccc(Nc7ccc(N)cc7)cc6)cc5)c4)cc3)cc2)cc1. The van der Waals surface area contributed by atoms with Gasteiger partial charge in [-0.3, -0.25) is 0 Å². The molecule has 0 bridgehead atoms. The summed E-state index contributed by atoms with van der Waals surface area (Å²) in [5.41, 5.74) is 20.1. The van der Waals surface area contributed by atoms with E-state index < -0.39 is 0 Å². The van der Waals surface area contributed by atoms with Crippen LogP contribution in [-0.4, -0.2) is 4.57 Å². The van der Waals surface area contributed by atoms with Crippen LogP contribution < -0.4 is 35.8 Å². The van der Waals surface area contributed by atoms with Gasteiger partial charge in [-0.05, 0) is 97.1 Å². The lowest BCUT2D eigenvalue weighted by Crippen LogP contribution is -2.37. The molecule has 0 radical (unpaired) electrons. The molecule has 3 heterocycles. The number of nitrogen functional groups attached to an aromatic ring is 2. The van der Waals surface area contributed by atoms with Gasteiger partial charge in [-0.15, -0.1) is 0 Å². The van der Waals surface area contributed by atoms with E-state index in [1.807, 2.05) is 121 Å². The highest BCUT2D eigenvalue weighted by Crippen LogP contribution is 2.24. The Kier molecular flexibility index (Phi) is 11.8. The Bertz CT molecular complexity index is 2130. The first-order chi connectivity index (χ1) is 27.0. The third-order valence-corrected chi connectivity index (χ3v) is 8.85. The Balaban J connectivity index is 0.788. The van der Waals surface area contributed by atoms with Crippen LogP contribution in [0.3, 0.4) is 0 Å². The number of nitrogens with one attached hydrogen (secondary N) is 2. The molecule has 12 nitrogen and oxygen atoms in total. The lowest BCUT2D eigenvalue weighted by Gasteiger charge is -2.06. The molecule has 0 saturated carbocycles. The van der Waals surface area contributed by atoms with E-state index in [9.17, 15) is 0 Å². The Morgan fingerprint density at radius 3 is 1.22 bits per heavy atom. The van der Waals surface area contributed by atoms with Crippen molar-refractivity contribution >= 4 is 56.9 Å². The van der Waals surface area contributed by atoms with Crippen molar-refractivity contribution < 1.29 is 13.7 Å². The van der Waals surface area contributed by atoms with Gasteiger partial charge in [0.25, 0.3) is 0 Å². The molecule has 12 heteroatoms. The van der Waals surface area contributed by atoms with Crippen LogP contribution in [0.15, 0.2) is 185 Å². The van der Waals surface area contributed by atoms with Gasteiger partial charge in [0.15, 0.2) is 37.9 Å². The molecule has 0 aliphatic heterocycles. The summed E-state index contributed by atoms with van der Waals surface area (Å²) in [7, 11) is 0. The number of benzene rings is 4. The van der Waals surface area contributed by atoms with Crippen LogP contribution in [0.25, 0.3) is 0 Å². The number of aromatic nitrogens is 4. The van der Waals surface area contributed by atoms with E-state index in [4.69, 9.17) is 11.5 Å². The Morgan fingerprint density at radius 1 is 0.418 bits per heavy atom. The second kappa shape index (κ2) is 18.0. The van der Waals surface area contributed by atoms with Crippen molar-refractivity contribution in [2.45, 2.75) is 39.0 Å². The first-order valence-electron chi connectivity index (χ1n) is 18.3. The zero-order chi connectivity index (χ0) is 37.7. The van der Waals surface area contributed by atoms with Crippen LogP contribution in [0.4, 0.5) is 56.9 Å². The standard InChI is InChI=1S/C43H43N12/c44-34-3-7-36(8-4-34)46-38-11-15-40(16-12-38)48-50-42-19-27-52(28-20-42)23-1-25-54-31-32-55(33-54)26-2-24-53-29-21-43(22-30-53)51-49-41-17-13-39(14-18-41)47-37-9-5-35(45)6-10-37/h3-22,27-33H,1-2,23-26H2,(H4,44,45,48,49)/q+1/p+2. The summed E-state index contributed by atoms with van der Waals surface area (Å²) in [6.07, 6.45) is 16.7. The number of imidazole rings is 1. The van der Waals surface area contributed by atoms with Crippen LogP contribution in [0.2, 0.25) is 0 Å². The molecule has 0 spiro atoms. The van der Waals surface area contributed by atoms with Gasteiger partial charge < -0.3 is 22.1 Å². The maximum Gasteiger partial charge on any atom is 0.243 e. The summed E-state index contributed by atoms with van der Waals surface area (Å²) in [6, 6.07) is 38.9. The van der Waals surface area contributed by atoms with Crippen molar-refractivity contribution in [3.8, 4) is 0 Å². The quantitative estimate of drug-likeness (QED) is 0.0447. The predicted octanol–water partition coefficient (Wildman–Crippen LogP) is 9.01. The van der Waals surface area contributed by atoms with Crippen LogP contribution in [-0.2, 0) is 26.2 Å². The topological polar surface area (TPSA) is 142 Å². The molecule has 7 rings (SSSR count). The second-order valence-corrected chi connectivity index (χ2v) is 13.2. The average molecular weight is 730 g/mol. The zero-order valence-electron chi connectivity index (χ0n) is 30.6. The monoisotopic (exact) mass is 729 g/mol. The third-order valence-electron chi connectivity index (χ3n) is 8.85. The van der Waals surface area contributed by atoms with Gasteiger partial charge in [0.1, 0.15) is 12.4 Å². The highest BCUT2D eigenvalue weighted by atomic mass is 15.1. The fourth-order valence-electron chi connectivity index (χ4n) is 5.83. The summed E-state index contributed by atoms with van der Waals surface area (Å²) in [5.74, 6) is 0. The highest BCUT2D eigenvalue weighted by Gasteiger charge is 2.08. The molecule has 6 N–H and O–H groups in total. The minimum absolute atomic E-state index is 0.741.